The van der Waals surface area contributed by atoms with Gasteiger partial charge in [0.25, 0.3) is 0 Å². The largest absolute Gasteiger partial charge is 0.399 e. The third-order valence-corrected chi connectivity index (χ3v) is 7.94. The highest BCUT2D eigenvalue weighted by molar-refractivity contribution is 7.95. The van der Waals surface area contributed by atoms with Gasteiger partial charge in [-0.2, -0.15) is 0 Å². The number of anilines is 2. The molecule has 4 N–H and O–H groups in total. The van der Waals surface area contributed by atoms with Crippen LogP contribution in [0.5, 0.6) is 0 Å². The van der Waals surface area contributed by atoms with E-state index in [1.54, 1.807) is 18.5 Å². The maximum absolute atomic E-state index is 12.8. The predicted octanol–water partition coefficient (Wildman–Crippen LogP) is 3.37. The molecule has 1 aliphatic carbocycles. The Kier molecular flexibility index (Phi) is 6.48. The first kappa shape index (κ1) is 21.3. The number of hydrogen-bond donors (Lipinski definition) is 3. The monoisotopic (exact) mass is 437 g/mol. The van der Waals surface area contributed by atoms with Gasteiger partial charge in [-0.25, -0.2) is 18.4 Å². The van der Waals surface area contributed by atoms with Crippen LogP contribution >= 0.6 is 0 Å². The summed E-state index contributed by atoms with van der Waals surface area (Å²) in [4.78, 5) is 9.25. The topological polar surface area (TPSA) is 110 Å². The van der Waals surface area contributed by atoms with Crippen molar-refractivity contribution in [3.63, 3.8) is 0 Å². The normalized spacial score (nSPS) is 17.9. The van der Waals surface area contributed by atoms with Crippen molar-refractivity contribution in [3.8, 4) is 0 Å². The Morgan fingerprint density at radius 1 is 1.03 bits per heavy atom. The molecule has 2 aromatic rings. The van der Waals surface area contributed by atoms with Gasteiger partial charge in [0.05, 0.1) is 5.25 Å². The molecule has 0 amide bonds. The molecular weight excluding hydrogens is 410 g/mol. The van der Waals surface area contributed by atoms with E-state index in [1.165, 1.54) is 0 Å². The smallest absolute Gasteiger partial charge is 0.226 e. The Morgan fingerprint density at radius 2 is 1.77 bits per heavy atom. The van der Waals surface area contributed by atoms with Gasteiger partial charge in [-0.05, 0) is 68.6 Å². The van der Waals surface area contributed by atoms with Gasteiger partial charge in [0.15, 0.2) is 9.84 Å². The lowest BCUT2D eigenvalue weighted by atomic mass is 10.1. The molecule has 0 unspecified atom stereocenters. The van der Waals surface area contributed by atoms with Crippen LogP contribution in [0.2, 0.25) is 0 Å². The second-order valence-electron chi connectivity index (χ2n) is 7.79. The Labute approximate surface area is 183 Å². The number of nitrogens with one attached hydrogen (secondary N) is 2. The highest BCUT2D eigenvalue weighted by atomic mass is 32.2. The zero-order valence-electron chi connectivity index (χ0n) is 17.3. The van der Waals surface area contributed by atoms with Crippen molar-refractivity contribution >= 4 is 33.6 Å². The van der Waals surface area contributed by atoms with Crippen molar-refractivity contribution in [1.82, 2.24) is 15.3 Å². The summed E-state index contributed by atoms with van der Waals surface area (Å²) in [6.45, 7) is 1.53. The van der Waals surface area contributed by atoms with E-state index in [-0.39, 0.29) is 5.25 Å². The molecule has 1 aromatic heterocycles. The molecule has 4 rings (SSSR count). The lowest BCUT2D eigenvalue weighted by Crippen LogP contribution is -2.36. The molecule has 0 atom stereocenters. The minimum absolute atomic E-state index is 0.265. The molecule has 2 aliphatic rings. The molecule has 1 fully saturated rings. The lowest BCUT2D eigenvalue weighted by molar-refractivity contribution is 0.498. The van der Waals surface area contributed by atoms with E-state index in [9.17, 15) is 8.42 Å². The number of rotatable bonds is 6. The molecule has 162 valence electrons. The number of hydrogen-bond acceptors (Lipinski definition) is 7. The highest BCUT2D eigenvalue weighted by Gasteiger charge is 2.31. The summed E-state index contributed by atoms with van der Waals surface area (Å²) >= 11 is 0. The Morgan fingerprint density at radius 3 is 2.45 bits per heavy atom. The highest BCUT2D eigenvalue weighted by Crippen LogP contribution is 2.28. The van der Waals surface area contributed by atoms with Crippen LogP contribution in [0, 0.1) is 0 Å². The fourth-order valence-corrected chi connectivity index (χ4v) is 5.70. The number of nitrogen functional groups attached to an aromatic ring is 1. The van der Waals surface area contributed by atoms with Gasteiger partial charge in [-0.3, -0.25) is 0 Å². The van der Waals surface area contributed by atoms with Crippen molar-refractivity contribution in [2.75, 3.05) is 24.1 Å². The predicted molar refractivity (Wildman–Crippen MR) is 126 cm³/mol. The third-order valence-electron chi connectivity index (χ3n) is 5.52. The molecule has 31 heavy (non-hydrogen) atoms. The number of benzene rings is 1. The Bertz CT molecular complexity index is 1110. The Balaban J connectivity index is 1.38. The van der Waals surface area contributed by atoms with Gasteiger partial charge >= 0.3 is 0 Å². The number of allylic oxidation sites excluding steroid dienone is 4. The van der Waals surface area contributed by atoms with E-state index >= 15 is 0 Å². The minimum atomic E-state index is -3.22. The number of nitrogens with two attached hydrogens (primary N) is 1. The molecule has 0 bridgehead atoms. The molecule has 0 spiro atoms. The quantitative estimate of drug-likeness (QED) is 0.594. The van der Waals surface area contributed by atoms with Crippen LogP contribution in [0.1, 0.15) is 36.8 Å². The van der Waals surface area contributed by atoms with Crippen molar-refractivity contribution in [1.29, 1.82) is 0 Å². The van der Waals surface area contributed by atoms with Crippen LogP contribution < -0.4 is 16.4 Å². The fourth-order valence-electron chi connectivity index (χ4n) is 3.77. The number of nitrogens with zero attached hydrogens (tertiary/aromatic N) is 2. The number of aromatic nitrogens is 2. The molecular formula is C23H27N5O2S. The van der Waals surface area contributed by atoms with Gasteiger partial charge in [-0.15, -0.1) is 0 Å². The summed E-state index contributed by atoms with van der Waals surface area (Å²) in [7, 11) is -3.22. The number of sulfone groups is 1. The van der Waals surface area contributed by atoms with E-state index in [4.69, 9.17) is 5.73 Å². The van der Waals surface area contributed by atoms with Crippen LogP contribution in [0.4, 0.5) is 11.6 Å². The second-order valence-corrected chi connectivity index (χ2v) is 10.1. The summed E-state index contributed by atoms with van der Waals surface area (Å²) in [5.41, 5.74) is 9.31. The van der Waals surface area contributed by atoms with Crippen LogP contribution in [0.3, 0.4) is 0 Å². The SMILES string of the molecule is Nc1cccc(/C=C/c2cnc(NC3=CC=C(S(=O)(=O)C4CCNCC4)CC3)nc2)c1. The van der Waals surface area contributed by atoms with Gasteiger partial charge in [0.2, 0.25) is 5.95 Å². The zero-order valence-corrected chi connectivity index (χ0v) is 18.1. The summed E-state index contributed by atoms with van der Waals surface area (Å²) in [6.07, 6.45) is 13.4. The molecule has 8 heteroatoms. The molecule has 7 nitrogen and oxygen atoms in total. The molecule has 0 radical (unpaired) electrons. The van der Waals surface area contributed by atoms with Crippen molar-refractivity contribution in [3.05, 3.63) is 70.5 Å². The van der Waals surface area contributed by atoms with E-state index in [0.717, 1.165) is 35.6 Å². The van der Waals surface area contributed by atoms with E-state index in [0.29, 0.717) is 36.5 Å². The van der Waals surface area contributed by atoms with Crippen molar-refractivity contribution < 1.29 is 8.42 Å². The molecule has 0 saturated carbocycles. The van der Waals surface area contributed by atoms with Crippen LogP contribution in [-0.4, -0.2) is 36.7 Å². The lowest BCUT2D eigenvalue weighted by Gasteiger charge is -2.25. The zero-order chi connectivity index (χ0) is 21.7. The maximum atomic E-state index is 12.8. The van der Waals surface area contributed by atoms with E-state index in [1.807, 2.05) is 42.5 Å². The molecule has 2 heterocycles. The van der Waals surface area contributed by atoms with Crippen LogP contribution in [0.15, 0.2) is 59.4 Å². The summed E-state index contributed by atoms with van der Waals surface area (Å²) in [6, 6.07) is 7.64. The first-order valence-corrected chi connectivity index (χ1v) is 12.0. The average Bonchev–Trinajstić information content (AvgIpc) is 2.80. The maximum Gasteiger partial charge on any atom is 0.226 e. The van der Waals surface area contributed by atoms with Crippen LogP contribution in [-0.2, 0) is 9.84 Å². The van der Waals surface area contributed by atoms with E-state index in [2.05, 4.69) is 20.6 Å². The minimum Gasteiger partial charge on any atom is -0.399 e. The summed E-state index contributed by atoms with van der Waals surface area (Å²) in [5.74, 6) is 0.491. The van der Waals surface area contributed by atoms with Crippen LogP contribution in [0.25, 0.3) is 12.2 Å². The molecule has 1 saturated heterocycles. The summed E-state index contributed by atoms with van der Waals surface area (Å²) in [5, 5.41) is 6.14. The van der Waals surface area contributed by atoms with Gasteiger partial charge in [-0.1, -0.05) is 24.3 Å². The van der Waals surface area contributed by atoms with E-state index < -0.39 is 9.84 Å². The number of piperidine rings is 1. The second kappa shape index (κ2) is 9.45. The average molecular weight is 438 g/mol. The van der Waals surface area contributed by atoms with Gasteiger partial charge in [0.1, 0.15) is 0 Å². The molecule has 1 aliphatic heterocycles. The molecule has 1 aromatic carbocycles. The first-order valence-electron chi connectivity index (χ1n) is 10.5. The standard InChI is InChI=1S/C23H27N5O2S/c24-19-3-1-2-17(14-19)4-5-18-15-26-23(27-16-18)28-20-6-8-21(9-7-20)31(29,30)22-10-12-25-13-11-22/h1-6,8,14-16,22,25H,7,9-13,24H2,(H,26,27,28)/b5-4+. The fraction of sp³-hybridized carbons (Fsp3) is 0.304. The summed E-state index contributed by atoms with van der Waals surface area (Å²) < 4.78 is 25.7. The Hall–Kier alpha value is -2.97. The first-order chi connectivity index (χ1) is 15.0. The van der Waals surface area contributed by atoms with Crippen molar-refractivity contribution in [2.24, 2.45) is 0 Å². The van der Waals surface area contributed by atoms with Gasteiger partial charge < -0.3 is 16.4 Å². The third kappa shape index (κ3) is 5.39. The van der Waals surface area contributed by atoms with Crippen molar-refractivity contribution in [2.45, 2.75) is 30.9 Å². The van der Waals surface area contributed by atoms with Gasteiger partial charge in [0, 0.05) is 34.2 Å².